The van der Waals surface area contributed by atoms with E-state index in [0.29, 0.717) is 18.8 Å². The van der Waals surface area contributed by atoms with E-state index in [1.807, 2.05) is 0 Å². The fraction of sp³-hybridized carbons (Fsp3) is 0.769. The highest BCUT2D eigenvalue weighted by Gasteiger charge is 2.20. The summed E-state index contributed by atoms with van der Waals surface area (Å²) in [5, 5.41) is 7.78. The number of esters is 1. The van der Waals surface area contributed by atoms with Crippen molar-refractivity contribution >= 4 is 5.97 Å². The summed E-state index contributed by atoms with van der Waals surface area (Å²) in [6.07, 6.45) is 2.97. The number of carbonyl (C=O) groups excluding carboxylic acids is 1. The van der Waals surface area contributed by atoms with Gasteiger partial charge in [-0.3, -0.25) is 0 Å². The van der Waals surface area contributed by atoms with Crippen LogP contribution in [0.15, 0.2) is 0 Å². The highest BCUT2D eigenvalue weighted by atomic mass is 16.7. The maximum Gasteiger partial charge on any atom is 0.360 e. The molecule has 0 amide bonds. The molecule has 1 unspecified atom stereocenters. The molecular formula is C13H22N4O4. The van der Waals surface area contributed by atoms with Crippen LogP contribution in [0, 0.1) is 0 Å². The van der Waals surface area contributed by atoms with Gasteiger partial charge in [0.2, 0.25) is 0 Å². The van der Waals surface area contributed by atoms with Crippen molar-refractivity contribution in [2.45, 2.75) is 45.6 Å². The Labute approximate surface area is 123 Å². The molecular weight excluding hydrogens is 276 g/mol. The summed E-state index contributed by atoms with van der Waals surface area (Å²) >= 11 is 0. The van der Waals surface area contributed by atoms with Crippen LogP contribution in [0.3, 0.4) is 0 Å². The van der Waals surface area contributed by atoms with Crippen molar-refractivity contribution in [1.82, 2.24) is 15.0 Å². The smallest absolute Gasteiger partial charge is 0.360 e. The number of hydrogen-bond donors (Lipinski definition) is 1. The molecule has 118 valence electrons. The number of carbonyl (C=O) groups is 1. The van der Waals surface area contributed by atoms with Crippen LogP contribution in [0.1, 0.15) is 42.4 Å². The highest BCUT2D eigenvalue weighted by molar-refractivity contribution is 5.88. The molecule has 1 aromatic rings. The zero-order valence-electron chi connectivity index (χ0n) is 12.3. The molecule has 0 aromatic carbocycles. The first-order valence-corrected chi connectivity index (χ1v) is 7.29. The van der Waals surface area contributed by atoms with E-state index in [2.05, 4.69) is 10.3 Å². The first-order chi connectivity index (χ1) is 10.3. The molecule has 1 saturated heterocycles. The van der Waals surface area contributed by atoms with Gasteiger partial charge in [-0.15, -0.1) is 5.10 Å². The first kappa shape index (κ1) is 15.9. The van der Waals surface area contributed by atoms with Crippen molar-refractivity contribution in [3.05, 3.63) is 11.4 Å². The number of rotatable bonds is 7. The average Bonchev–Trinajstić information content (AvgIpc) is 2.91. The lowest BCUT2D eigenvalue weighted by atomic mass is 10.2. The minimum atomic E-state index is -0.499. The predicted molar refractivity (Wildman–Crippen MR) is 73.4 cm³/mol. The van der Waals surface area contributed by atoms with Crippen LogP contribution in [0.5, 0.6) is 0 Å². The Hall–Kier alpha value is -1.51. The summed E-state index contributed by atoms with van der Waals surface area (Å²) < 4.78 is 17.6. The van der Waals surface area contributed by atoms with Crippen LogP contribution in [0.2, 0.25) is 0 Å². The van der Waals surface area contributed by atoms with Crippen molar-refractivity contribution in [2.75, 3.05) is 19.8 Å². The van der Waals surface area contributed by atoms with Crippen LogP contribution in [-0.4, -0.2) is 47.1 Å². The topological polar surface area (TPSA) is 101 Å². The van der Waals surface area contributed by atoms with Crippen molar-refractivity contribution in [3.8, 4) is 0 Å². The van der Waals surface area contributed by atoms with Crippen molar-refractivity contribution in [3.63, 3.8) is 0 Å². The summed E-state index contributed by atoms with van der Waals surface area (Å²) in [6, 6.07) is 0. The molecule has 1 atom stereocenters. The van der Waals surface area contributed by atoms with E-state index in [-0.39, 0.29) is 25.1 Å². The fourth-order valence-corrected chi connectivity index (χ4v) is 2.19. The highest BCUT2D eigenvalue weighted by Crippen LogP contribution is 2.14. The van der Waals surface area contributed by atoms with Crippen LogP contribution in [0.25, 0.3) is 0 Å². The summed E-state index contributed by atoms with van der Waals surface area (Å²) in [6.45, 7) is 3.85. The molecule has 21 heavy (non-hydrogen) atoms. The second kappa shape index (κ2) is 8.06. The predicted octanol–water partition coefficient (Wildman–Crippen LogP) is 0.457. The first-order valence-electron chi connectivity index (χ1n) is 7.29. The number of ether oxygens (including phenoxy) is 3. The molecule has 2 N–H and O–H groups in total. The van der Waals surface area contributed by atoms with E-state index in [9.17, 15) is 4.79 Å². The molecule has 1 aromatic heterocycles. The van der Waals surface area contributed by atoms with Crippen molar-refractivity contribution in [1.29, 1.82) is 0 Å². The zero-order valence-corrected chi connectivity index (χ0v) is 12.3. The Bertz CT molecular complexity index is 457. The van der Waals surface area contributed by atoms with Gasteiger partial charge in [0.25, 0.3) is 0 Å². The van der Waals surface area contributed by atoms with Gasteiger partial charge in [0, 0.05) is 13.2 Å². The van der Waals surface area contributed by atoms with Gasteiger partial charge in [-0.1, -0.05) is 5.21 Å². The largest absolute Gasteiger partial charge is 0.461 e. The number of nitrogens with two attached hydrogens (primary N) is 1. The molecule has 1 aliphatic rings. The molecule has 8 nitrogen and oxygen atoms in total. The molecule has 8 heteroatoms. The SMILES string of the molecule is CCOC(=O)c1nnn(CCOC2CCCCO2)c1CN. The van der Waals surface area contributed by atoms with Gasteiger partial charge in [0.1, 0.15) is 0 Å². The van der Waals surface area contributed by atoms with E-state index in [0.717, 1.165) is 25.9 Å². The van der Waals surface area contributed by atoms with E-state index in [1.165, 1.54) is 0 Å². The third-order valence-corrected chi connectivity index (χ3v) is 3.24. The van der Waals surface area contributed by atoms with Crippen LogP contribution in [-0.2, 0) is 27.3 Å². The number of hydrogen-bond acceptors (Lipinski definition) is 7. The Balaban J connectivity index is 1.89. The minimum absolute atomic E-state index is 0.145. The van der Waals surface area contributed by atoms with E-state index < -0.39 is 5.97 Å². The standard InChI is InChI=1S/C13H22N4O4/c1-2-19-13(18)12-10(9-14)17(16-15-12)6-8-21-11-5-3-4-7-20-11/h11H,2-9,14H2,1H3. The van der Waals surface area contributed by atoms with Crippen LogP contribution < -0.4 is 5.73 Å². The summed E-state index contributed by atoms with van der Waals surface area (Å²) in [7, 11) is 0. The molecule has 1 fully saturated rings. The number of nitrogens with zero attached hydrogens (tertiary/aromatic N) is 3. The summed E-state index contributed by atoms with van der Waals surface area (Å²) in [5.74, 6) is -0.499. The second-order valence-corrected chi connectivity index (χ2v) is 4.70. The average molecular weight is 298 g/mol. The third kappa shape index (κ3) is 4.23. The Morgan fingerprint density at radius 3 is 3.05 bits per heavy atom. The van der Waals surface area contributed by atoms with Gasteiger partial charge in [-0.25, -0.2) is 9.48 Å². The van der Waals surface area contributed by atoms with E-state index in [1.54, 1.807) is 11.6 Å². The van der Waals surface area contributed by atoms with Gasteiger partial charge in [0.05, 0.1) is 25.5 Å². The molecule has 0 saturated carbocycles. The van der Waals surface area contributed by atoms with Gasteiger partial charge in [-0.05, 0) is 26.2 Å². The Morgan fingerprint density at radius 2 is 2.38 bits per heavy atom. The van der Waals surface area contributed by atoms with Gasteiger partial charge in [-0.2, -0.15) is 0 Å². The van der Waals surface area contributed by atoms with Gasteiger partial charge >= 0.3 is 5.97 Å². The molecule has 0 aliphatic carbocycles. The van der Waals surface area contributed by atoms with Gasteiger partial charge < -0.3 is 19.9 Å². The molecule has 0 spiro atoms. The molecule has 0 radical (unpaired) electrons. The molecule has 2 rings (SSSR count). The molecule has 1 aliphatic heterocycles. The third-order valence-electron chi connectivity index (χ3n) is 3.24. The molecule has 2 heterocycles. The van der Waals surface area contributed by atoms with Gasteiger partial charge in [0.15, 0.2) is 12.0 Å². The van der Waals surface area contributed by atoms with E-state index in [4.69, 9.17) is 19.9 Å². The zero-order chi connectivity index (χ0) is 15.1. The second-order valence-electron chi connectivity index (χ2n) is 4.70. The lowest BCUT2D eigenvalue weighted by Crippen LogP contribution is -2.24. The Kier molecular flexibility index (Phi) is 6.09. The summed E-state index contributed by atoms with van der Waals surface area (Å²) in [5.41, 5.74) is 6.40. The monoisotopic (exact) mass is 298 g/mol. The quantitative estimate of drug-likeness (QED) is 0.729. The minimum Gasteiger partial charge on any atom is -0.461 e. The van der Waals surface area contributed by atoms with E-state index >= 15 is 0 Å². The lowest BCUT2D eigenvalue weighted by molar-refractivity contribution is -0.163. The van der Waals surface area contributed by atoms with Crippen LogP contribution >= 0.6 is 0 Å². The lowest BCUT2D eigenvalue weighted by Gasteiger charge is -2.22. The normalized spacial score (nSPS) is 18.7. The Morgan fingerprint density at radius 1 is 1.52 bits per heavy atom. The van der Waals surface area contributed by atoms with Crippen LogP contribution in [0.4, 0.5) is 0 Å². The van der Waals surface area contributed by atoms with Crippen molar-refractivity contribution in [2.24, 2.45) is 5.73 Å². The summed E-state index contributed by atoms with van der Waals surface area (Å²) in [4.78, 5) is 11.7. The maximum absolute atomic E-state index is 11.7. The number of aromatic nitrogens is 3. The molecule has 0 bridgehead atoms. The van der Waals surface area contributed by atoms with Crippen molar-refractivity contribution < 1.29 is 19.0 Å². The fourth-order valence-electron chi connectivity index (χ4n) is 2.19. The maximum atomic E-state index is 11.7.